The summed E-state index contributed by atoms with van der Waals surface area (Å²) in [6.07, 6.45) is 3.92. The summed E-state index contributed by atoms with van der Waals surface area (Å²) in [7, 11) is 1.42. The minimum absolute atomic E-state index is 0.0611. The summed E-state index contributed by atoms with van der Waals surface area (Å²) in [6, 6.07) is 0. The van der Waals surface area contributed by atoms with E-state index in [0.29, 0.717) is 5.82 Å². The van der Waals surface area contributed by atoms with Crippen LogP contribution < -0.4 is 5.73 Å². The normalized spacial score (nSPS) is 25.3. The quantitative estimate of drug-likeness (QED) is 0.726. The van der Waals surface area contributed by atoms with Gasteiger partial charge < -0.3 is 10.5 Å². The standard InChI is InChI=1S/C10H16N4O2/c1-16-9(15)7-5-3-2-4-6(7)8-12-10(11)14-13-8/h6-7H,2-5H2,1H3,(H3,11,12,13,14)/t6-,7+/m1/s1. The zero-order valence-electron chi connectivity index (χ0n) is 9.27. The Labute approximate surface area is 93.6 Å². The van der Waals surface area contributed by atoms with Gasteiger partial charge in [-0.2, -0.15) is 4.98 Å². The number of anilines is 1. The molecule has 1 saturated carbocycles. The fourth-order valence-corrected chi connectivity index (χ4v) is 2.35. The van der Waals surface area contributed by atoms with Gasteiger partial charge in [0.05, 0.1) is 13.0 Å². The third-order valence-corrected chi connectivity index (χ3v) is 3.14. The van der Waals surface area contributed by atoms with Crippen molar-refractivity contribution in [2.24, 2.45) is 5.92 Å². The Morgan fingerprint density at radius 3 is 2.88 bits per heavy atom. The third-order valence-electron chi connectivity index (χ3n) is 3.14. The Hall–Kier alpha value is -1.59. The molecule has 0 bridgehead atoms. The van der Waals surface area contributed by atoms with Gasteiger partial charge in [-0.1, -0.05) is 12.8 Å². The van der Waals surface area contributed by atoms with E-state index < -0.39 is 0 Å². The van der Waals surface area contributed by atoms with E-state index in [1.54, 1.807) is 0 Å². The molecule has 0 amide bonds. The van der Waals surface area contributed by atoms with Gasteiger partial charge in [0.2, 0.25) is 5.95 Å². The first-order valence-electron chi connectivity index (χ1n) is 5.48. The zero-order chi connectivity index (χ0) is 11.5. The molecule has 0 spiro atoms. The van der Waals surface area contributed by atoms with E-state index in [-0.39, 0.29) is 23.8 Å². The monoisotopic (exact) mass is 224 g/mol. The van der Waals surface area contributed by atoms with Gasteiger partial charge in [-0.3, -0.25) is 9.89 Å². The average molecular weight is 224 g/mol. The molecule has 6 nitrogen and oxygen atoms in total. The second kappa shape index (κ2) is 4.51. The summed E-state index contributed by atoms with van der Waals surface area (Å²) in [5, 5.41) is 6.59. The number of aromatic amines is 1. The van der Waals surface area contributed by atoms with Crippen LogP contribution >= 0.6 is 0 Å². The van der Waals surface area contributed by atoms with E-state index in [2.05, 4.69) is 15.2 Å². The highest BCUT2D eigenvalue weighted by Gasteiger charge is 2.34. The number of aromatic nitrogens is 3. The summed E-state index contributed by atoms with van der Waals surface area (Å²) in [4.78, 5) is 15.7. The third kappa shape index (κ3) is 2.00. The van der Waals surface area contributed by atoms with Crippen molar-refractivity contribution in [3.8, 4) is 0 Å². The van der Waals surface area contributed by atoms with Gasteiger partial charge in [-0.15, -0.1) is 5.10 Å². The van der Waals surface area contributed by atoms with Gasteiger partial charge in [0.25, 0.3) is 0 Å². The first-order valence-corrected chi connectivity index (χ1v) is 5.48. The van der Waals surface area contributed by atoms with E-state index >= 15 is 0 Å². The number of H-pyrrole nitrogens is 1. The molecule has 1 aromatic rings. The van der Waals surface area contributed by atoms with Crippen molar-refractivity contribution in [2.45, 2.75) is 31.6 Å². The molecule has 2 atom stereocenters. The number of hydrogen-bond acceptors (Lipinski definition) is 5. The molecule has 0 aliphatic heterocycles. The van der Waals surface area contributed by atoms with E-state index in [4.69, 9.17) is 10.5 Å². The molecular weight excluding hydrogens is 208 g/mol. The largest absolute Gasteiger partial charge is 0.469 e. The lowest BCUT2D eigenvalue weighted by Crippen LogP contribution is -2.27. The highest BCUT2D eigenvalue weighted by atomic mass is 16.5. The van der Waals surface area contributed by atoms with Crippen LogP contribution in [0, 0.1) is 5.92 Å². The molecule has 6 heteroatoms. The topological polar surface area (TPSA) is 93.9 Å². The molecule has 1 fully saturated rings. The number of ether oxygens (including phenoxy) is 1. The van der Waals surface area contributed by atoms with Crippen LogP contribution in [0.5, 0.6) is 0 Å². The van der Waals surface area contributed by atoms with E-state index in [9.17, 15) is 4.79 Å². The first-order chi connectivity index (χ1) is 7.72. The molecule has 2 rings (SSSR count). The first kappa shape index (κ1) is 10.9. The average Bonchev–Trinajstić information content (AvgIpc) is 2.75. The lowest BCUT2D eigenvalue weighted by molar-refractivity contribution is -0.147. The molecule has 1 aromatic heterocycles. The van der Waals surface area contributed by atoms with Crippen molar-refractivity contribution >= 4 is 11.9 Å². The molecule has 88 valence electrons. The summed E-state index contributed by atoms with van der Waals surface area (Å²) < 4.78 is 4.82. The molecule has 0 aromatic carbocycles. The summed E-state index contributed by atoms with van der Waals surface area (Å²) in [5.41, 5.74) is 5.47. The summed E-state index contributed by atoms with van der Waals surface area (Å²) >= 11 is 0. The molecule has 1 aliphatic carbocycles. The number of nitrogens with two attached hydrogens (primary N) is 1. The Bertz CT molecular complexity index is 377. The van der Waals surface area contributed by atoms with Crippen molar-refractivity contribution < 1.29 is 9.53 Å². The lowest BCUT2D eigenvalue weighted by Gasteiger charge is -2.27. The van der Waals surface area contributed by atoms with Crippen LogP contribution in [0.4, 0.5) is 5.95 Å². The molecule has 1 heterocycles. The van der Waals surface area contributed by atoms with Gasteiger partial charge in [0.1, 0.15) is 5.82 Å². The molecule has 16 heavy (non-hydrogen) atoms. The van der Waals surface area contributed by atoms with Crippen molar-refractivity contribution in [3.63, 3.8) is 0 Å². The van der Waals surface area contributed by atoms with Crippen molar-refractivity contribution in [1.29, 1.82) is 0 Å². The van der Waals surface area contributed by atoms with Crippen molar-refractivity contribution in [1.82, 2.24) is 15.2 Å². The maximum Gasteiger partial charge on any atom is 0.309 e. The highest BCUT2D eigenvalue weighted by Crippen LogP contribution is 2.36. The van der Waals surface area contributed by atoms with Crippen LogP contribution in [0.2, 0.25) is 0 Å². The van der Waals surface area contributed by atoms with Crippen LogP contribution in [0.1, 0.15) is 37.4 Å². The molecular formula is C10H16N4O2. The smallest absolute Gasteiger partial charge is 0.309 e. The number of rotatable bonds is 2. The van der Waals surface area contributed by atoms with Crippen LogP contribution in [-0.2, 0) is 9.53 Å². The number of esters is 1. The Balaban J connectivity index is 2.19. The second-order valence-electron chi connectivity index (χ2n) is 4.10. The predicted molar refractivity (Wildman–Crippen MR) is 57.5 cm³/mol. The van der Waals surface area contributed by atoms with Crippen LogP contribution in [-0.4, -0.2) is 28.3 Å². The second-order valence-corrected chi connectivity index (χ2v) is 4.10. The predicted octanol–water partition coefficient (Wildman–Crippen LogP) is 0.834. The van der Waals surface area contributed by atoms with Gasteiger partial charge in [0, 0.05) is 5.92 Å². The van der Waals surface area contributed by atoms with E-state index in [1.807, 2.05) is 0 Å². The molecule has 3 N–H and O–H groups in total. The van der Waals surface area contributed by atoms with Gasteiger partial charge in [0.15, 0.2) is 0 Å². The van der Waals surface area contributed by atoms with Gasteiger partial charge in [-0.25, -0.2) is 0 Å². The molecule has 0 saturated heterocycles. The number of nitrogens with one attached hydrogen (secondary N) is 1. The van der Waals surface area contributed by atoms with E-state index in [0.717, 1.165) is 25.7 Å². The Kier molecular flexibility index (Phi) is 3.07. The van der Waals surface area contributed by atoms with Gasteiger partial charge >= 0.3 is 5.97 Å². The molecule has 1 aliphatic rings. The fraction of sp³-hybridized carbons (Fsp3) is 0.700. The van der Waals surface area contributed by atoms with Crippen LogP contribution in [0.3, 0.4) is 0 Å². The lowest BCUT2D eigenvalue weighted by atomic mass is 9.79. The minimum Gasteiger partial charge on any atom is -0.469 e. The summed E-state index contributed by atoms with van der Waals surface area (Å²) in [6.45, 7) is 0. The Morgan fingerprint density at radius 2 is 2.25 bits per heavy atom. The summed E-state index contributed by atoms with van der Waals surface area (Å²) in [5.74, 6) is 0.702. The zero-order valence-corrected chi connectivity index (χ0v) is 9.27. The Morgan fingerprint density at radius 1 is 1.50 bits per heavy atom. The fourth-order valence-electron chi connectivity index (χ4n) is 2.35. The maximum absolute atomic E-state index is 11.6. The number of nitrogen functional groups attached to an aromatic ring is 1. The number of methoxy groups -OCH3 is 1. The SMILES string of the molecule is COC(=O)[C@H]1CCCC[C@H]1c1nc(N)n[nH]1. The molecule has 0 radical (unpaired) electrons. The number of carbonyl (C=O) groups excluding carboxylic acids is 1. The van der Waals surface area contributed by atoms with Crippen molar-refractivity contribution in [2.75, 3.05) is 12.8 Å². The van der Waals surface area contributed by atoms with Crippen LogP contribution in [0.15, 0.2) is 0 Å². The number of hydrogen-bond donors (Lipinski definition) is 2. The highest BCUT2D eigenvalue weighted by molar-refractivity contribution is 5.73. The maximum atomic E-state index is 11.6. The van der Waals surface area contributed by atoms with Crippen LogP contribution in [0.25, 0.3) is 0 Å². The van der Waals surface area contributed by atoms with E-state index in [1.165, 1.54) is 7.11 Å². The number of carbonyl (C=O) groups is 1. The molecule has 0 unspecified atom stereocenters. The minimum atomic E-state index is -0.167. The van der Waals surface area contributed by atoms with Gasteiger partial charge in [-0.05, 0) is 12.8 Å². The number of nitrogens with zero attached hydrogens (tertiary/aromatic N) is 2. The van der Waals surface area contributed by atoms with Crippen molar-refractivity contribution in [3.05, 3.63) is 5.82 Å².